The van der Waals surface area contributed by atoms with Gasteiger partial charge in [0.05, 0.1) is 0 Å². The number of hydrogen-bond donors (Lipinski definition) is 1. The van der Waals surface area contributed by atoms with Crippen molar-refractivity contribution in [2.45, 2.75) is 26.7 Å². The van der Waals surface area contributed by atoms with Crippen molar-refractivity contribution in [3.05, 3.63) is 35.7 Å². The monoisotopic (exact) mass is 265 g/mol. The first-order chi connectivity index (χ1) is 9.08. The molecule has 0 fully saturated rings. The lowest BCUT2D eigenvalue weighted by atomic mass is 10.1. The van der Waals surface area contributed by atoms with Gasteiger partial charge in [-0.05, 0) is 37.6 Å². The molecule has 0 unspecified atom stereocenters. The smallest absolute Gasteiger partial charge is 0.328 e. The van der Waals surface area contributed by atoms with Crippen LogP contribution in [0.3, 0.4) is 0 Å². The summed E-state index contributed by atoms with van der Waals surface area (Å²) in [7, 11) is 0. The second-order valence-corrected chi connectivity index (χ2v) is 4.31. The van der Waals surface area contributed by atoms with Crippen LogP contribution in [0.1, 0.15) is 32.3 Å². The van der Waals surface area contributed by atoms with Crippen LogP contribution in [-0.2, 0) is 4.79 Å². The summed E-state index contributed by atoms with van der Waals surface area (Å²) in [5, 5.41) is 8.68. The fourth-order valence-corrected chi connectivity index (χ4v) is 1.91. The van der Waals surface area contributed by atoms with Gasteiger partial charge in [0.25, 0.3) is 0 Å². The number of rotatable bonds is 7. The molecule has 104 valence electrons. The topological polar surface area (TPSA) is 40.5 Å². The summed E-state index contributed by atoms with van der Waals surface area (Å²) >= 11 is 0. The Labute approximate surface area is 113 Å². The van der Waals surface area contributed by atoms with Crippen molar-refractivity contribution in [3.63, 3.8) is 0 Å². The summed E-state index contributed by atoms with van der Waals surface area (Å²) in [4.78, 5) is 12.7. The van der Waals surface area contributed by atoms with Crippen molar-refractivity contribution in [3.8, 4) is 0 Å². The maximum Gasteiger partial charge on any atom is 0.328 e. The zero-order valence-corrected chi connectivity index (χ0v) is 11.4. The molecule has 0 aromatic heterocycles. The molecule has 19 heavy (non-hydrogen) atoms. The first-order valence-electron chi connectivity index (χ1n) is 6.54. The van der Waals surface area contributed by atoms with Crippen LogP contribution in [0.2, 0.25) is 0 Å². The third kappa shape index (κ3) is 4.73. The zero-order chi connectivity index (χ0) is 14.3. The largest absolute Gasteiger partial charge is 0.478 e. The molecular weight excluding hydrogens is 245 g/mol. The van der Waals surface area contributed by atoms with Crippen LogP contribution in [0.5, 0.6) is 0 Å². The van der Waals surface area contributed by atoms with Gasteiger partial charge in [0.2, 0.25) is 0 Å². The number of carboxylic acids is 1. The van der Waals surface area contributed by atoms with Gasteiger partial charge >= 0.3 is 5.97 Å². The zero-order valence-electron chi connectivity index (χ0n) is 11.4. The van der Waals surface area contributed by atoms with Crippen LogP contribution in [-0.4, -0.2) is 24.2 Å². The Kier molecular flexibility index (Phi) is 6.06. The van der Waals surface area contributed by atoms with E-state index in [2.05, 4.69) is 11.8 Å². The van der Waals surface area contributed by atoms with Gasteiger partial charge < -0.3 is 10.0 Å². The molecule has 0 aliphatic rings. The Bertz CT molecular complexity index is 457. The molecule has 1 aromatic carbocycles. The second kappa shape index (κ2) is 7.56. The Hall–Kier alpha value is -1.84. The first-order valence-corrected chi connectivity index (χ1v) is 6.54. The lowest BCUT2D eigenvalue weighted by molar-refractivity contribution is -0.131. The van der Waals surface area contributed by atoms with E-state index in [1.807, 2.05) is 6.92 Å². The number of aliphatic carboxylic acids is 1. The molecule has 3 nitrogen and oxygen atoms in total. The van der Waals surface area contributed by atoms with Gasteiger partial charge in [-0.2, -0.15) is 0 Å². The van der Waals surface area contributed by atoms with Gasteiger partial charge in [0, 0.05) is 30.4 Å². The third-order valence-corrected chi connectivity index (χ3v) is 2.90. The fourth-order valence-electron chi connectivity index (χ4n) is 1.91. The predicted octanol–water partition coefficient (Wildman–Crippen LogP) is 3.55. The highest BCUT2D eigenvalue weighted by molar-refractivity contribution is 5.87. The Morgan fingerprint density at radius 2 is 2.16 bits per heavy atom. The summed E-state index contributed by atoms with van der Waals surface area (Å²) < 4.78 is 13.3. The van der Waals surface area contributed by atoms with Gasteiger partial charge in [-0.1, -0.05) is 13.3 Å². The van der Waals surface area contributed by atoms with E-state index in [1.54, 1.807) is 6.07 Å². The van der Waals surface area contributed by atoms with E-state index in [0.29, 0.717) is 5.56 Å². The first kappa shape index (κ1) is 15.2. The van der Waals surface area contributed by atoms with Crippen molar-refractivity contribution >= 4 is 17.7 Å². The van der Waals surface area contributed by atoms with E-state index in [0.717, 1.165) is 37.7 Å². The lowest BCUT2D eigenvalue weighted by Crippen LogP contribution is -2.24. The maximum absolute atomic E-state index is 13.3. The molecule has 0 saturated heterocycles. The molecule has 0 atom stereocenters. The van der Waals surface area contributed by atoms with E-state index in [4.69, 9.17) is 5.11 Å². The molecule has 1 rings (SSSR count). The van der Waals surface area contributed by atoms with Crippen LogP contribution in [0.4, 0.5) is 10.1 Å². The van der Waals surface area contributed by atoms with Crippen molar-refractivity contribution in [2.75, 3.05) is 18.0 Å². The summed E-state index contributed by atoms with van der Waals surface area (Å²) in [6.07, 6.45) is 4.60. The minimum absolute atomic E-state index is 0.361. The molecule has 0 radical (unpaired) electrons. The molecule has 0 heterocycles. The van der Waals surface area contributed by atoms with E-state index in [1.165, 1.54) is 18.2 Å². The SMILES string of the molecule is CCCCN(CC)c1ccc(F)cc1/C=C/C(=O)O. The van der Waals surface area contributed by atoms with Gasteiger partial charge in [-0.25, -0.2) is 9.18 Å². The molecule has 0 aliphatic heterocycles. The Morgan fingerprint density at radius 3 is 2.74 bits per heavy atom. The molecule has 0 aliphatic carbocycles. The van der Waals surface area contributed by atoms with Crippen LogP contribution in [0.25, 0.3) is 6.08 Å². The van der Waals surface area contributed by atoms with Crippen LogP contribution in [0.15, 0.2) is 24.3 Å². The van der Waals surface area contributed by atoms with E-state index in [-0.39, 0.29) is 5.82 Å². The summed E-state index contributed by atoms with van der Waals surface area (Å²) in [5.74, 6) is -1.40. The molecule has 4 heteroatoms. The van der Waals surface area contributed by atoms with Crippen LogP contribution < -0.4 is 4.90 Å². The third-order valence-electron chi connectivity index (χ3n) is 2.90. The lowest BCUT2D eigenvalue weighted by Gasteiger charge is -2.25. The number of halogens is 1. The number of carboxylic acid groups (broad SMARTS) is 1. The molecule has 0 saturated carbocycles. The summed E-state index contributed by atoms with van der Waals surface area (Å²) in [6, 6.07) is 4.47. The number of unbranched alkanes of at least 4 members (excludes halogenated alkanes) is 1. The Morgan fingerprint density at radius 1 is 1.42 bits per heavy atom. The molecule has 1 N–H and O–H groups in total. The normalized spacial score (nSPS) is 10.9. The van der Waals surface area contributed by atoms with E-state index < -0.39 is 5.97 Å². The second-order valence-electron chi connectivity index (χ2n) is 4.31. The average Bonchev–Trinajstić information content (AvgIpc) is 2.38. The van der Waals surface area contributed by atoms with Gasteiger partial charge in [-0.15, -0.1) is 0 Å². The average molecular weight is 265 g/mol. The van der Waals surface area contributed by atoms with Gasteiger partial charge in [-0.3, -0.25) is 0 Å². The van der Waals surface area contributed by atoms with Crippen molar-refractivity contribution < 1.29 is 14.3 Å². The number of hydrogen-bond acceptors (Lipinski definition) is 2. The highest BCUT2D eigenvalue weighted by Crippen LogP contribution is 2.23. The highest BCUT2D eigenvalue weighted by atomic mass is 19.1. The van der Waals surface area contributed by atoms with E-state index >= 15 is 0 Å². The number of benzene rings is 1. The number of anilines is 1. The standard InChI is InChI=1S/C15H20FNO2/c1-3-5-10-17(4-2)14-8-7-13(16)11-12(14)6-9-15(18)19/h6-9,11H,3-5,10H2,1-2H3,(H,18,19)/b9-6+. The van der Waals surface area contributed by atoms with Crippen LogP contribution >= 0.6 is 0 Å². The molecular formula is C15H20FNO2. The van der Waals surface area contributed by atoms with Gasteiger partial charge in [0.1, 0.15) is 5.82 Å². The van der Waals surface area contributed by atoms with Crippen molar-refractivity contribution in [1.82, 2.24) is 0 Å². The quantitative estimate of drug-likeness (QED) is 0.766. The van der Waals surface area contributed by atoms with E-state index in [9.17, 15) is 9.18 Å². The number of carbonyl (C=O) groups is 1. The molecule has 0 bridgehead atoms. The Balaban J connectivity index is 3.06. The summed E-state index contributed by atoms with van der Waals surface area (Å²) in [5.41, 5.74) is 1.47. The molecule has 0 spiro atoms. The number of nitrogens with zero attached hydrogens (tertiary/aromatic N) is 1. The predicted molar refractivity (Wildman–Crippen MR) is 75.9 cm³/mol. The highest BCUT2D eigenvalue weighted by Gasteiger charge is 2.09. The van der Waals surface area contributed by atoms with Gasteiger partial charge in [0.15, 0.2) is 0 Å². The van der Waals surface area contributed by atoms with Crippen molar-refractivity contribution in [2.24, 2.45) is 0 Å². The molecule has 0 amide bonds. The minimum atomic E-state index is -1.04. The maximum atomic E-state index is 13.3. The summed E-state index contributed by atoms with van der Waals surface area (Å²) in [6.45, 7) is 5.83. The van der Waals surface area contributed by atoms with Crippen LogP contribution in [0, 0.1) is 5.82 Å². The minimum Gasteiger partial charge on any atom is -0.478 e. The fraction of sp³-hybridized carbons (Fsp3) is 0.400. The molecule has 1 aromatic rings. The van der Waals surface area contributed by atoms with Crippen molar-refractivity contribution in [1.29, 1.82) is 0 Å².